The summed E-state index contributed by atoms with van der Waals surface area (Å²) >= 11 is 0. The molecule has 0 unspecified atom stereocenters. The van der Waals surface area contributed by atoms with Gasteiger partial charge in [0.25, 0.3) is 5.91 Å². The third-order valence-corrected chi connectivity index (χ3v) is 4.07. The molecule has 0 bridgehead atoms. The lowest BCUT2D eigenvalue weighted by Crippen LogP contribution is -2.45. The molecule has 1 aliphatic heterocycles. The van der Waals surface area contributed by atoms with Crippen LogP contribution in [-0.4, -0.2) is 40.0 Å². The third kappa shape index (κ3) is 3.92. The van der Waals surface area contributed by atoms with E-state index >= 15 is 0 Å². The smallest absolute Gasteiger partial charge is 0.259 e. The van der Waals surface area contributed by atoms with Crippen LogP contribution in [0.4, 0.5) is 8.78 Å². The zero-order chi connectivity index (χ0) is 18.0. The summed E-state index contributed by atoms with van der Waals surface area (Å²) in [6, 6.07) is 5.13. The second kappa shape index (κ2) is 7.13. The van der Waals surface area contributed by atoms with Crippen LogP contribution < -0.4 is 4.74 Å². The van der Waals surface area contributed by atoms with Crippen molar-refractivity contribution < 1.29 is 18.3 Å². The Morgan fingerprint density at radius 2 is 1.96 bits per heavy atom. The van der Waals surface area contributed by atoms with Crippen LogP contribution in [0.3, 0.4) is 0 Å². The highest BCUT2D eigenvalue weighted by atomic mass is 19.1. The molecular weight excluding hydrogens is 328 g/mol. The van der Waals surface area contributed by atoms with Crippen LogP contribution in [0, 0.1) is 25.5 Å². The first-order valence-corrected chi connectivity index (χ1v) is 8.16. The Kier molecular flexibility index (Phi) is 4.92. The maximum absolute atomic E-state index is 13.9. The van der Waals surface area contributed by atoms with E-state index < -0.39 is 23.1 Å². The Morgan fingerprint density at radius 1 is 1.24 bits per heavy atom. The van der Waals surface area contributed by atoms with Crippen molar-refractivity contribution in [2.45, 2.75) is 32.8 Å². The topological polar surface area (TPSA) is 55.3 Å². The summed E-state index contributed by atoms with van der Waals surface area (Å²) in [7, 11) is 0. The predicted molar refractivity (Wildman–Crippen MR) is 87.4 cm³/mol. The van der Waals surface area contributed by atoms with Crippen molar-refractivity contribution in [2.24, 2.45) is 0 Å². The van der Waals surface area contributed by atoms with Crippen LogP contribution in [0.25, 0.3) is 0 Å². The number of likely N-dealkylation sites (tertiary alicyclic amines) is 1. The van der Waals surface area contributed by atoms with Crippen molar-refractivity contribution in [1.29, 1.82) is 0 Å². The summed E-state index contributed by atoms with van der Waals surface area (Å²) in [5.41, 5.74) is 0.275. The molecule has 0 N–H and O–H groups in total. The van der Waals surface area contributed by atoms with E-state index in [4.69, 9.17) is 4.74 Å². The fraction of sp³-hybridized carbons (Fsp3) is 0.389. The number of halogens is 2. The number of carbonyl (C=O) groups is 1. The van der Waals surface area contributed by atoms with Crippen LogP contribution in [-0.2, 0) is 0 Å². The molecule has 3 rings (SSSR count). The van der Waals surface area contributed by atoms with Crippen LogP contribution >= 0.6 is 0 Å². The van der Waals surface area contributed by atoms with Crippen molar-refractivity contribution in [3.05, 3.63) is 53.0 Å². The fourth-order valence-electron chi connectivity index (χ4n) is 2.99. The highest BCUT2D eigenvalue weighted by Gasteiger charge is 2.29. The summed E-state index contributed by atoms with van der Waals surface area (Å²) in [5.74, 6) is -1.31. The number of hydrogen-bond donors (Lipinski definition) is 0. The second-order valence-electron chi connectivity index (χ2n) is 6.12. The molecule has 2 heterocycles. The van der Waals surface area contributed by atoms with E-state index in [1.807, 2.05) is 6.92 Å². The molecule has 0 aliphatic carbocycles. The zero-order valence-electron chi connectivity index (χ0n) is 14.1. The molecule has 1 atom stereocenters. The number of hydrogen-bond acceptors (Lipinski definition) is 4. The van der Waals surface area contributed by atoms with Crippen molar-refractivity contribution in [2.75, 3.05) is 13.1 Å². The van der Waals surface area contributed by atoms with Gasteiger partial charge in [-0.1, -0.05) is 6.07 Å². The molecule has 1 fully saturated rings. The Morgan fingerprint density at radius 3 is 2.64 bits per heavy atom. The van der Waals surface area contributed by atoms with Crippen molar-refractivity contribution in [1.82, 2.24) is 14.9 Å². The Bertz CT molecular complexity index is 757. The molecule has 5 nitrogen and oxygen atoms in total. The molecule has 1 aromatic carbocycles. The Labute approximate surface area is 144 Å². The van der Waals surface area contributed by atoms with Crippen molar-refractivity contribution in [3.8, 4) is 5.88 Å². The zero-order valence-corrected chi connectivity index (χ0v) is 14.1. The van der Waals surface area contributed by atoms with E-state index in [-0.39, 0.29) is 12.6 Å². The van der Waals surface area contributed by atoms with Gasteiger partial charge in [0.2, 0.25) is 5.88 Å². The molecule has 1 amide bonds. The number of rotatable bonds is 3. The van der Waals surface area contributed by atoms with Gasteiger partial charge in [0.15, 0.2) is 0 Å². The molecule has 2 aromatic rings. The molecule has 0 saturated carbocycles. The Balaban J connectivity index is 1.73. The first-order valence-electron chi connectivity index (χ1n) is 8.16. The van der Waals surface area contributed by atoms with E-state index in [0.29, 0.717) is 24.7 Å². The monoisotopic (exact) mass is 347 g/mol. The highest BCUT2D eigenvalue weighted by molar-refractivity contribution is 5.94. The van der Waals surface area contributed by atoms with Crippen LogP contribution in [0.5, 0.6) is 5.88 Å². The molecule has 25 heavy (non-hydrogen) atoms. The lowest BCUT2D eigenvalue weighted by Gasteiger charge is -2.32. The molecule has 7 heteroatoms. The van der Waals surface area contributed by atoms with Crippen LogP contribution in [0.15, 0.2) is 24.3 Å². The highest BCUT2D eigenvalue weighted by Crippen LogP contribution is 2.21. The van der Waals surface area contributed by atoms with Gasteiger partial charge in [-0.05, 0) is 38.8 Å². The number of aromatic nitrogens is 2. The van der Waals surface area contributed by atoms with Gasteiger partial charge in [0.1, 0.15) is 29.1 Å². The summed E-state index contributed by atoms with van der Waals surface area (Å²) < 4.78 is 33.6. The maximum Gasteiger partial charge on any atom is 0.259 e. The van der Waals surface area contributed by atoms with E-state index in [0.717, 1.165) is 24.2 Å². The van der Waals surface area contributed by atoms with E-state index in [2.05, 4.69) is 9.97 Å². The number of benzene rings is 1. The first-order chi connectivity index (χ1) is 11.9. The van der Waals surface area contributed by atoms with E-state index in [9.17, 15) is 13.6 Å². The van der Waals surface area contributed by atoms with Crippen molar-refractivity contribution in [3.63, 3.8) is 0 Å². The minimum Gasteiger partial charge on any atom is -0.472 e. The molecular formula is C18H19F2N3O2. The molecule has 0 spiro atoms. The average Bonchev–Trinajstić information content (AvgIpc) is 2.54. The number of amides is 1. The van der Waals surface area contributed by atoms with Gasteiger partial charge in [-0.25, -0.2) is 13.8 Å². The maximum atomic E-state index is 13.9. The summed E-state index contributed by atoms with van der Waals surface area (Å²) in [6.45, 7) is 4.32. The molecule has 1 aliphatic rings. The minimum absolute atomic E-state index is 0.259. The van der Waals surface area contributed by atoms with Gasteiger partial charge in [0.05, 0.1) is 6.54 Å². The van der Waals surface area contributed by atoms with Gasteiger partial charge >= 0.3 is 0 Å². The SMILES string of the molecule is Cc1cc(O[C@H]2CCCN(C(=O)c3c(F)cccc3F)C2)nc(C)n1. The average molecular weight is 347 g/mol. The van der Waals surface area contributed by atoms with Gasteiger partial charge < -0.3 is 9.64 Å². The summed E-state index contributed by atoms with van der Waals surface area (Å²) in [4.78, 5) is 22.4. The number of carbonyl (C=O) groups excluding carboxylic acids is 1. The Hall–Kier alpha value is -2.57. The number of piperidine rings is 1. The molecule has 0 radical (unpaired) electrons. The predicted octanol–water partition coefficient (Wildman–Crippen LogP) is 3.06. The minimum atomic E-state index is -0.852. The van der Waals surface area contributed by atoms with Gasteiger partial charge in [-0.3, -0.25) is 4.79 Å². The molecule has 1 aromatic heterocycles. The van der Waals surface area contributed by atoms with Gasteiger partial charge in [0, 0.05) is 18.3 Å². The lowest BCUT2D eigenvalue weighted by molar-refractivity contribution is 0.0518. The fourth-order valence-corrected chi connectivity index (χ4v) is 2.99. The lowest BCUT2D eigenvalue weighted by atomic mass is 10.1. The normalized spacial score (nSPS) is 17.4. The second-order valence-corrected chi connectivity index (χ2v) is 6.12. The standard InChI is InChI=1S/C18H19F2N3O2/c1-11-9-16(22-12(2)21-11)25-13-5-4-8-23(10-13)18(24)17-14(19)6-3-7-15(17)20/h3,6-7,9,13H,4-5,8,10H2,1-2H3/t13-/m0/s1. The molecule has 1 saturated heterocycles. The summed E-state index contributed by atoms with van der Waals surface area (Å²) in [5, 5.41) is 0. The largest absolute Gasteiger partial charge is 0.472 e. The van der Waals surface area contributed by atoms with E-state index in [1.54, 1.807) is 13.0 Å². The van der Waals surface area contributed by atoms with E-state index in [1.165, 1.54) is 11.0 Å². The quantitative estimate of drug-likeness (QED) is 0.856. The van der Waals surface area contributed by atoms with Gasteiger partial charge in [-0.2, -0.15) is 4.98 Å². The van der Waals surface area contributed by atoms with Crippen molar-refractivity contribution >= 4 is 5.91 Å². The third-order valence-electron chi connectivity index (χ3n) is 4.07. The first kappa shape index (κ1) is 17.3. The number of aryl methyl sites for hydroxylation is 2. The van der Waals surface area contributed by atoms with Gasteiger partial charge in [-0.15, -0.1) is 0 Å². The summed E-state index contributed by atoms with van der Waals surface area (Å²) in [6.07, 6.45) is 1.16. The molecule has 132 valence electrons. The van der Waals surface area contributed by atoms with Crippen LogP contribution in [0.2, 0.25) is 0 Å². The van der Waals surface area contributed by atoms with Crippen LogP contribution in [0.1, 0.15) is 34.7 Å². The number of ether oxygens (including phenoxy) is 1. The number of nitrogens with zero attached hydrogens (tertiary/aromatic N) is 3.